The normalized spacial score (nSPS) is 17.2. The fraction of sp³-hybridized carbons (Fsp3) is 0.917. The van der Waals surface area contributed by atoms with Crippen molar-refractivity contribution in [3.05, 3.63) is 0 Å². The van der Waals surface area contributed by atoms with Crippen LogP contribution in [0.3, 0.4) is 0 Å². The average molecular weight is 243 g/mol. The lowest BCUT2D eigenvalue weighted by atomic mass is 10.1. The fourth-order valence-electron chi connectivity index (χ4n) is 2.06. The number of rotatable bonds is 6. The van der Waals surface area contributed by atoms with Crippen LogP contribution < -0.4 is 11.1 Å². The van der Waals surface area contributed by atoms with E-state index in [0.717, 1.165) is 51.9 Å². The molecule has 1 heterocycles. The molecule has 0 atom stereocenters. The van der Waals surface area contributed by atoms with Crippen LogP contribution in [-0.4, -0.2) is 49.8 Å². The van der Waals surface area contributed by atoms with Crippen LogP contribution in [0.5, 0.6) is 0 Å². The molecule has 1 fully saturated rings. The van der Waals surface area contributed by atoms with Crippen molar-refractivity contribution in [1.29, 1.82) is 0 Å². The number of unbranched alkanes of at least 4 members (excludes halogenated alkanes) is 1. The van der Waals surface area contributed by atoms with Crippen LogP contribution in [0.2, 0.25) is 0 Å². The second-order valence-electron chi connectivity index (χ2n) is 4.41. The lowest BCUT2D eigenvalue weighted by Crippen LogP contribution is -2.45. The molecule has 0 aromatic rings. The smallest absolute Gasteiger partial charge is 0.409 e. The molecule has 1 saturated heterocycles. The standard InChI is InChI=1S/C12H25N3O2/c1-2-17-12(16)15-9-5-11(6-10-15)14-8-4-3-7-13/h11,14H,2-10,13H2,1H3. The van der Waals surface area contributed by atoms with Gasteiger partial charge in [0.1, 0.15) is 0 Å². The Morgan fingerprint density at radius 2 is 2.12 bits per heavy atom. The molecule has 0 aromatic heterocycles. The number of ether oxygens (including phenoxy) is 1. The minimum absolute atomic E-state index is 0.172. The van der Waals surface area contributed by atoms with E-state index in [0.29, 0.717) is 12.6 Å². The van der Waals surface area contributed by atoms with Gasteiger partial charge in [-0.25, -0.2) is 4.79 Å². The molecule has 0 unspecified atom stereocenters. The number of amides is 1. The number of nitrogens with two attached hydrogens (primary N) is 1. The van der Waals surface area contributed by atoms with Gasteiger partial charge in [0, 0.05) is 19.1 Å². The van der Waals surface area contributed by atoms with E-state index in [4.69, 9.17) is 10.5 Å². The second kappa shape index (κ2) is 8.31. The third-order valence-electron chi connectivity index (χ3n) is 3.08. The van der Waals surface area contributed by atoms with Crippen LogP contribution in [0.15, 0.2) is 0 Å². The van der Waals surface area contributed by atoms with E-state index in [-0.39, 0.29) is 6.09 Å². The molecule has 1 aliphatic rings. The molecule has 1 aliphatic heterocycles. The lowest BCUT2D eigenvalue weighted by molar-refractivity contribution is 0.0951. The third kappa shape index (κ3) is 5.37. The van der Waals surface area contributed by atoms with Gasteiger partial charge in [-0.2, -0.15) is 0 Å². The first kappa shape index (κ1) is 14.3. The van der Waals surface area contributed by atoms with Gasteiger partial charge in [-0.15, -0.1) is 0 Å². The fourth-order valence-corrected chi connectivity index (χ4v) is 2.06. The summed E-state index contributed by atoms with van der Waals surface area (Å²) in [4.78, 5) is 13.3. The molecule has 100 valence electrons. The second-order valence-corrected chi connectivity index (χ2v) is 4.41. The maximum absolute atomic E-state index is 11.5. The molecular weight excluding hydrogens is 218 g/mol. The predicted molar refractivity (Wildman–Crippen MR) is 67.9 cm³/mol. The molecule has 0 bridgehead atoms. The van der Waals surface area contributed by atoms with Crippen molar-refractivity contribution in [1.82, 2.24) is 10.2 Å². The Balaban J connectivity index is 2.11. The lowest BCUT2D eigenvalue weighted by Gasteiger charge is -2.31. The summed E-state index contributed by atoms with van der Waals surface area (Å²) < 4.78 is 4.98. The summed E-state index contributed by atoms with van der Waals surface area (Å²) in [5, 5.41) is 3.51. The Kier molecular flexibility index (Phi) is 6.96. The number of likely N-dealkylation sites (tertiary alicyclic amines) is 1. The number of nitrogens with one attached hydrogen (secondary N) is 1. The van der Waals surface area contributed by atoms with Crippen molar-refractivity contribution in [2.45, 2.75) is 38.6 Å². The zero-order valence-electron chi connectivity index (χ0n) is 10.8. The molecule has 17 heavy (non-hydrogen) atoms. The Bertz CT molecular complexity index is 216. The van der Waals surface area contributed by atoms with Crippen molar-refractivity contribution in [2.75, 3.05) is 32.8 Å². The zero-order chi connectivity index (χ0) is 12.5. The zero-order valence-corrected chi connectivity index (χ0v) is 10.8. The van der Waals surface area contributed by atoms with Crippen LogP contribution in [0, 0.1) is 0 Å². The van der Waals surface area contributed by atoms with Crippen LogP contribution in [-0.2, 0) is 4.74 Å². The molecule has 0 aliphatic carbocycles. The van der Waals surface area contributed by atoms with Crippen molar-refractivity contribution in [2.24, 2.45) is 5.73 Å². The van der Waals surface area contributed by atoms with Gasteiger partial charge in [0.2, 0.25) is 0 Å². The highest BCUT2D eigenvalue weighted by Crippen LogP contribution is 2.11. The van der Waals surface area contributed by atoms with Gasteiger partial charge in [0.15, 0.2) is 0 Å². The molecule has 0 saturated carbocycles. The minimum Gasteiger partial charge on any atom is -0.450 e. The van der Waals surface area contributed by atoms with E-state index in [1.54, 1.807) is 4.90 Å². The molecular formula is C12H25N3O2. The number of nitrogens with zero attached hydrogens (tertiary/aromatic N) is 1. The minimum atomic E-state index is -0.172. The molecule has 0 aromatic carbocycles. The van der Waals surface area contributed by atoms with Gasteiger partial charge < -0.3 is 20.7 Å². The topological polar surface area (TPSA) is 67.6 Å². The summed E-state index contributed by atoms with van der Waals surface area (Å²) in [5.74, 6) is 0. The predicted octanol–water partition coefficient (Wildman–Crippen LogP) is 0.936. The number of hydrogen-bond acceptors (Lipinski definition) is 4. The van der Waals surface area contributed by atoms with E-state index < -0.39 is 0 Å². The van der Waals surface area contributed by atoms with E-state index in [9.17, 15) is 4.79 Å². The molecule has 5 nitrogen and oxygen atoms in total. The van der Waals surface area contributed by atoms with Crippen molar-refractivity contribution >= 4 is 6.09 Å². The molecule has 3 N–H and O–H groups in total. The van der Waals surface area contributed by atoms with Gasteiger partial charge in [0.05, 0.1) is 6.61 Å². The highest BCUT2D eigenvalue weighted by Gasteiger charge is 2.22. The average Bonchev–Trinajstić information content (AvgIpc) is 2.36. The Labute approximate surface area is 104 Å². The van der Waals surface area contributed by atoms with Gasteiger partial charge in [-0.1, -0.05) is 0 Å². The van der Waals surface area contributed by atoms with Gasteiger partial charge in [0.25, 0.3) is 0 Å². The number of piperidine rings is 1. The van der Waals surface area contributed by atoms with E-state index in [1.807, 2.05) is 6.92 Å². The van der Waals surface area contributed by atoms with Crippen LogP contribution in [0.1, 0.15) is 32.6 Å². The SMILES string of the molecule is CCOC(=O)N1CCC(NCCCCN)CC1. The number of carbonyl (C=O) groups is 1. The van der Waals surface area contributed by atoms with E-state index in [2.05, 4.69) is 5.32 Å². The largest absolute Gasteiger partial charge is 0.450 e. The summed E-state index contributed by atoms with van der Waals surface area (Å²) in [6.07, 6.45) is 4.07. The number of carbonyl (C=O) groups excluding carboxylic acids is 1. The first-order chi connectivity index (χ1) is 8.27. The molecule has 0 spiro atoms. The molecule has 0 radical (unpaired) electrons. The summed E-state index contributed by atoms with van der Waals surface area (Å²) in [6.45, 7) is 5.69. The first-order valence-corrected chi connectivity index (χ1v) is 6.63. The Hall–Kier alpha value is -0.810. The Morgan fingerprint density at radius 3 is 2.71 bits per heavy atom. The van der Waals surface area contributed by atoms with Crippen LogP contribution >= 0.6 is 0 Å². The maximum Gasteiger partial charge on any atom is 0.409 e. The van der Waals surface area contributed by atoms with E-state index >= 15 is 0 Å². The monoisotopic (exact) mass is 243 g/mol. The highest BCUT2D eigenvalue weighted by atomic mass is 16.6. The Morgan fingerprint density at radius 1 is 1.41 bits per heavy atom. The third-order valence-corrected chi connectivity index (χ3v) is 3.08. The summed E-state index contributed by atoms with van der Waals surface area (Å²) in [6, 6.07) is 0.540. The highest BCUT2D eigenvalue weighted by molar-refractivity contribution is 5.67. The van der Waals surface area contributed by atoms with Crippen molar-refractivity contribution in [3.63, 3.8) is 0 Å². The van der Waals surface area contributed by atoms with Gasteiger partial charge in [-0.3, -0.25) is 0 Å². The quantitative estimate of drug-likeness (QED) is 0.681. The maximum atomic E-state index is 11.5. The first-order valence-electron chi connectivity index (χ1n) is 6.63. The van der Waals surface area contributed by atoms with Crippen molar-refractivity contribution < 1.29 is 9.53 Å². The number of hydrogen-bond donors (Lipinski definition) is 2. The summed E-state index contributed by atoms with van der Waals surface area (Å²) >= 11 is 0. The van der Waals surface area contributed by atoms with Gasteiger partial charge >= 0.3 is 6.09 Å². The summed E-state index contributed by atoms with van der Waals surface area (Å²) in [7, 11) is 0. The van der Waals surface area contributed by atoms with Crippen molar-refractivity contribution in [3.8, 4) is 0 Å². The molecule has 1 amide bonds. The van der Waals surface area contributed by atoms with Crippen LogP contribution in [0.25, 0.3) is 0 Å². The molecule has 5 heteroatoms. The summed E-state index contributed by atoms with van der Waals surface area (Å²) in [5.41, 5.74) is 5.44. The molecule has 1 rings (SSSR count). The van der Waals surface area contributed by atoms with E-state index in [1.165, 1.54) is 0 Å². The van der Waals surface area contributed by atoms with Gasteiger partial charge in [-0.05, 0) is 45.7 Å². The van der Waals surface area contributed by atoms with Crippen LogP contribution in [0.4, 0.5) is 4.79 Å².